The van der Waals surface area contributed by atoms with E-state index in [1.807, 2.05) is 0 Å². The first-order valence-electron chi connectivity index (χ1n) is 5.75. The van der Waals surface area contributed by atoms with Crippen LogP contribution in [0.25, 0.3) is 0 Å². The van der Waals surface area contributed by atoms with Crippen molar-refractivity contribution in [2.75, 3.05) is 37.9 Å². The maximum absolute atomic E-state index is 11.8. The SMILES string of the molecule is COc1cc(N)ccc1NC(=O)CN1CCOC1=O. The Morgan fingerprint density at radius 3 is 3.00 bits per heavy atom. The number of rotatable bonds is 4. The molecular weight excluding hydrogens is 250 g/mol. The molecule has 102 valence electrons. The minimum absolute atomic E-state index is 0.0492. The van der Waals surface area contributed by atoms with Crippen molar-refractivity contribution in [2.45, 2.75) is 0 Å². The highest BCUT2D eigenvalue weighted by Gasteiger charge is 2.24. The van der Waals surface area contributed by atoms with Gasteiger partial charge >= 0.3 is 6.09 Å². The number of ether oxygens (including phenoxy) is 2. The van der Waals surface area contributed by atoms with Gasteiger partial charge in [0.1, 0.15) is 18.9 Å². The first kappa shape index (κ1) is 13.0. The van der Waals surface area contributed by atoms with Crippen molar-refractivity contribution in [1.29, 1.82) is 0 Å². The fraction of sp³-hybridized carbons (Fsp3) is 0.333. The van der Waals surface area contributed by atoms with Gasteiger partial charge < -0.3 is 20.5 Å². The van der Waals surface area contributed by atoms with Crippen LogP contribution in [0.5, 0.6) is 5.75 Å². The molecule has 2 amide bonds. The van der Waals surface area contributed by atoms with Crippen molar-refractivity contribution in [1.82, 2.24) is 4.90 Å². The van der Waals surface area contributed by atoms with E-state index in [9.17, 15) is 9.59 Å². The van der Waals surface area contributed by atoms with Gasteiger partial charge in [-0.25, -0.2) is 4.79 Å². The van der Waals surface area contributed by atoms with Crippen molar-refractivity contribution in [3.63, 3.8) is 0 Å². The number of benzene rings is 1. The van der Waals surface area contributed by atoms with Crippen LogP contribution in [0.4, 0.5) is 16.2 Å². The lowest BCUT2D eigenvalue weighted by atomic mass is 10.2. The van der Waals surface area contributed by atoms with E-state index >= 15 is 0 Å². The maximum atomic E-state index is 11.8. The standard InChI is InChI=1S/C12H15N3O4/c1-18-10-6-8(13)2-3-9(10)14-11(16)7-15-4-5-19-12(15)17/h2-3,6H,4-5,7,13H2,1H3,(H,14,16). The van der Waals surface area contributed by atoms with Crippen molar-refractivity contribution in [3.05, 3.63) is 18.2 Å². The molecule has 0 saturated carbocycles. The van der Waals surface area contributed by atoms with Crippen LogP contribution in [0, 0.1) is 0 Å². The smallest absolute Gasteiger partial charge is 0.410 e. The Bertz CT molecular complexity index is 504. The molecule has 1 heterocycles. The third-order valence-electron chi connectivity index (χ3n) is 2.68. The van der Waals surface area contributed by atoms with Crippen LogP contribution < -0.4 is 15.8 Å². The number of hydrogen-bond acceptors (Lipinski definition) is 5. The predicted molar refractivity (Wildman–Crippen MR) is 69.0 cm³/mol. The third kappa shape index (κ3) is 3.06. The normalized spacial score (nSPS) is 14.2. The van der Waals surface area contributed by atoms with E-state index in [1.165, 1.54) is 12.0 Å². The van der Waals surface area contributed by atoms with Crippen LogP contribution in [0.1, 0.15) is 0 Å². The summed E-state index contributed by atoms with van der Waals surface area (Å²) in [5.74, 6) is 0.152. The highest BCUT2D eigenvalue weighted by molar-refractivity contribution is 5.95. The summed E-state index contributed by atoms with van der Waals surface area (Å²) in [7, 11) is 1.49. The van der Waals surface area contributed by atoms with E-state index in [4.69, 9.17) is 15.2 Å². The monoisotopic (exact) mass is 265 g/mol. The molecule has 1 aromatic rings. The highest BCUT2D eigenvalue weighted by atomic mass is 16.6. The largest absolute Gasteiger partial charge is 0.494 e. The molecule has 0 atom stereocenters. The van der Waals surface area contributed by atoms with E-state index in [1.54, 1.807) is 18.2 Å². The van der Waals surface area contributed by atoms with Gasteiger partial charge in [-0.05, 0) is 12.1 Å². The molecule has 19 heavy (non-hydrogen) atoms. The van der Waals surface area contributed by atoms with Crippen molar-refractivity contribution < 1.29 is 19.1 Å². The molecule has 2 rings (SSSR count). The molecule has 7 nitrogen and oxygen atoms in total. The maximum Gasteiger partial charge on any atom is 0.410 e. The number of nitrogens with two attached hydrogens (primary N) is 1. The predicted octanol–water partition coefficient (Wildman–Crippen LogP) is 0.668. The van der Waals surface area contributed by atoms with Crippen LogP contribution in [0.2, 0.25) is 0 Å². The molecule has 0 radical (unpaired) electrons. The van der Waals surface area contributed by atoms with Gasteiger partial charge in [-0.2, -0.15) is 0 Å². The summed E-state index contributed by atoms with van der Waals surface area (Å²) in [6.07, 6.45) is -0.473. The molecule has 0 aromatic heterocycles. The topological polar surface area (TPSA) is 93.9 Å². The first-order chi connectivity index (χ1) is 9.10. The molecule has 1 fully saturated rings. The second-order valence-electron chi connectivity index (χ2n) is 4.04. The van der Waals surface area contributed by atoms with Crippen LogP contribution in [-0.2, 0) is 9.53 Å². The Kier molecular flexibility index (Phi) is 3.74. The lowest BCUT2D eigenvalue weighted by Crippen LogP contribution is -2.33. The lowest BCUT2D eigenvalue weighted by molar-refractivity contribution is -0.116. The second-order valence-corrected chi connectivity index (χ2v) is 4.04. The molecule has 7 heteroatoms. The number of carbonyl (C=O) groups is 2. The molecule has 1 aromatic carbocycles. The molecule has 1 saturated heterocycles. The average Bonchev–Trinajstić information content (AvgIpc) is 2.77. The zero-order valence-corrected chi connectivity index (χ0v) is 10.5. The Morgan fingerprint density at radius 1 is 1.58 bits per heavy atom. The summed E-state index contributed by atoms with van der Waals surface area (Å²) < 4.78 is 9.86. The van der Waals surface area contributed by atoms with Gasteiger partial charge in [-0.1, -0.05) is 0 Å². The fourth-order valence-electron chi connectivity index (χ4n) is 1.74. The van der Waals surface area contributed by atoms with E-state index in [0.717, 1.165) is 0 Å². The van der Waals surface area contributed by atoms with Gasteiger partial charge in [-0.15, -0.1) is 0 Å². The van der Waals surface area contributed by atoms with Gasteiger partial charge in [0.05, 0.1) is 19.3 Å². The van der Waals surface area contributed by atoms with Crippen molar-refractivity contribution in [3.8, 4) is 5.75 Å². The fourth-order valence-corrected chi connectivity index (χ4v) is 1.74. The number of anilines is 2. The zero-order chi connectivity index (χ0) is 13.8. The van der Waals surface area contributed by atoms with Crippen LogP contribution in [0.3, 0.4) is 0 Å². The molecule has 0 spiro atoms. The van der Waals surface area contributed by atoms with Crippen LogP contribution in [0.15, 0.2) is 18.2 Å². The average molecular weight is 265 g/mol. The van der Waals surface area contributed by atoms with Gasteiger partial charge in [0, 0.05) is 11.8 Å². The Morgan fingerprint density at radius 2 is 2.37 bits per heavy atom. The Labute approximate surface area is 110 Å². The molecule has 0 aliphatic carbocycles. The summed E-state index contributed by atoms with van der Waals surface area (Å²) in [6.45, 7) is 0.689. The Balaban J connectivity index is 2.00. The number of amides is 2. The molecule has 3 N–H and O–H groups in total. The quantitative estimate of drug-likeness (QED) is 0.780. The lowest BCUT2D eigenvalue weighted by Gasteiger charge is -2.14. The molecule has 0 bridgehead atoms. The summed E-state index contributed by atoms with van der Waals surface area (Å²) in [5, 5.41) is 2.67. The number of nitrogens with one attached hydrogen (secondary N) is 1. The number of cyclic esters (lactones) is 1. The van der Waals surface area contributed by atoms with Crippen LogP contribution >= 0.6 is 0 Å². The van der Waals surface area contributed by atoms with Gasteiger partial charge in [0.25, 0.3) is 0 Å². The number of methoxy groups -OCH3 is 1. The van der Waals surface area contributed by atoms with E-state index < -0.39 is 6.09 Å². The minimum atomic E-state index is -0.473. The summed E-state index contributed by atoms with van der Waals surface area (Å²) in [5.41, 5.74) is 6.67. The summed E-state index contributed by atoms with van der Waals surface area (Å²) >= 11 is 0. The molecule has 1 aliphatic heterocycles. The molecular formula is C12H15N3O4. The van der Waals surface area contributed by atoms with E-state index in [0.29, 0.717) is 30.3 Å². The number of carbonyl (C=O) groups excluding carboxylic acids is 2. The van der Waals surface area contributed by atoms with Crippen molar-refractivity contribution in [2.24, 2.45) is 0 Å². The third-order valence-corrected chi connectivity index (χ3v) is 2.68. The van der Waals surface area contributed by atoms with Crippen LogP contribution in [-0.4, -0.2) is 43.7 Å². The minimum Gasteiger partial charge on any atom is -0.494 e. The molecule has 0 unspecified atom stereocenters. The Hall–Kier alpha value is -2.44. The van der Waals surface area contributed by atoms with Crippen molar-refractivity contribution >= 4 is 23.4 Å². The second kappa shape index (κ2) is 5.47. The molecule has 1 aliphatic rings. The number of hydrogen-bond donors (Lipinski definition) is 2. The van der Waals surface area contributed by atoms with Gasteiger partial charge in [0.2, 0.25) is 5.91 Å². The first-order valence-corrected chi connectivity index (χ1v) is 5.75. The van der Waals surface area contributed by atoms with Gasteiger partial charge in [-0.3, -0.25) is 9.69 Å². The summed E-state index contributed by atoms with van der Waals surface area (Å²) in [6, 6.07) is 4.91. The zero-order valence-electron chi connectivity index (χ0n) is 10.5. The number of nitrogens with zero attached hydrogens (tertiary/aromatic N) is 1. The van der Waals surface area contributed by atoms with E-state index in [2.05, 4.69) is 5.32 Å². The summed E-state index contributed by atoms with van der Waals surface area (Å²) in [4.78, 5) is 24.4. The number of nitrogen functional groups attached to an aromatic ring is 1. The highest BCUT2D eigenvalue weighted by Crippen LogP contribution is 2.26. The van der Waals surface area contributed by atoms with Gasteiger partial charge in [0.15, 0.2) is 0 Å². The van der Waals surface area contributed by atoms with E-state index in [-0.39, 0.29) is 12.5 Å².